The first-order valence-corrected chi connectivity index (χ1v) is 12.1. The molecule has 1 unspecified atom stereocenters. The molecule has 7 nitrogen and oxygen atoms in total. The molecule has 2 saturated heterocycles. The second kappa shape index (κ2) is 12.6. The number of aliphatic imine (C=N–C) groups is 1. The monoisotopic (exact) mass is 554 g/mol. The van der Waals surface area contributed by atoms with E-state index in [1.807, 2.05) is 23.1 Å². The predicted octanol–water partition coefficient (Wildman–Crippen LogP) is 4.00. The lowest BCUT2D eigenvalue weighted by Crippen LogP contribution is -2.45. The highest BCUT2D eigenvalue weighted by molar-refractivity contribution is 14.0. The molecular formula is C24H39IN6O. The smallest absolute Gasteiger partial charge is 0.321 e. The highest BCUT2D eigenvalue weighted by atomic mass is 127. The van der Waals surface area contributed by atoms with Gasteiger partial charge in [0.25, 0.3) is 0 Å². The van der Waals surface area contributed by atoms with Crippen molar-refractivity contribution >= 4 is 41.7 Å². The maximum absolute atomic E-state index is 12.4. The van der Waals surface area contributed by atoms with Crippen LogP contribution in [0.3, 0.4) is 0 Å². The summed E-state index contributed by atoms with van der Waals surface area (Å²) in [4.78, 5) is 21.7. The van der Waals surface area contributed by atoms with Crippen molar-refractivity contribution in [2.24, 2.45) is 4.99 Å². The molecular weight excluding hydrogens is 515 g/mol. The number of urea groups is 1. The fourth-order valence-electron chi connectivity index (χ4n) is 5.06. The Labute approximate surface area is 209 Å². The number of amides is 2. The minimum atomic E-state index is 0. The third-order valence-corrected chi connectivity index (χ3v) is 6.74. The number of carbonyl (C=O) groups is 1. The maximum atomic E-state index is 12.4. The van der Waals surface area contributed by atoms with Crippen molar-refractivity contribution in [3.8, 4) is 0 Å². The summed E-state index contributed by atoms with van der Waals surface area (Å²) in [7, 11) is 0. The lowest BCUT2D eigenvalue weighted by molar-refractivity contribution is 0.222. The fraction of sp³-hybridized carbons (Fsp3) is 0.667. The van der Waals surface area contributed by atoms with E-state index in [-0.39, 0.29) is 30.0 Å². The van der Waals surface area contributed by atoms with Gasteiger partial charge in [-0.05, 0) is 56.7 Å². The molecule has 3 aliphatic rings. The molecule has 178 valence electrons. The zero-order chi connectivity index (χ0) is 21.5. The molecule has 0 spiro atoms. The molecule has 8 heteroatoms. The lowest BCUT2D eigenvalue weighted by atomic mass is 10.2. The van der Waals surface area contributed by atoms with Crippen LogP contribution in [0.2, 0.25) is 0 Å². The Morgan fingerprint density at radius 3 is 2.62 bits per heavy atom. The summed E-state index contributed by atoms with van der Waals surface area (Å²) in [6.45, 7) is 7.55. The quantitative estimate of drug-likeness (QED) is 0.283. The number of halogens is 1. The standard InChI is InChI=1S/C24H38N6O.HI/c1-2-25-23(27-21-12-15-30(18-21)22-10-3-4-11-22)26-17-19-8-7-9-20(16-19)28-24(31)29-13-5-6-14-29;/h7-9,16,21-22H,2-6,10-15,17-18H2,1H3,(H,28,31)(H2,25,26,27);1H. The Morgan fingerprint density at radius 2 is 1.88 bits per heavy atom. The topological polar surface area (TPSA) is 72.0 Å². The van der Waals surface area contributed by atoms with E-state index >= 15 is 0 Å². The van der Waals surface area contributed by atoms with Crippen molar-refractivity contribution in [3.05, 3.63) is 29.8 Å². The first kappa shape index (κ1) is 25.1. The van der Waals surface area contributed by atoms with Crippen molar-refractivity contribution in [3.63, 3.8) is 0 Å². The van der Waals surface area contributed by atoms with Gasteiger partial charge in [0.05, 0.1) is 6.54 Å². The summed E-state index contributed by atoms with van der Waals surface area (Å²) in [6.07, 6.45) is 8.89. The van der Waals surface area contributed by atoms with Gasteiger partial charge < -0.3 is 20.9 Å². The van der Waals surface area contributed by atoms with E-state index in [0.29, 0.717) is 12.6 Å². The molecule has 1 aromatic carbocycles. The second-order valence-electron chi connectivity index (χ2n) is 9.08. The summed E-state index contributed by atoms with van der Waals surface area (Å²) in [5.41, 5.74) is 1.93. The number of likely N-dealkylation sites (tertiary alicyclic amines) is 2. The number of hydrogen-bond donors (Lipinski definition) is 3. The molecule has 2 amide bonds. The van der Waals surface area contributed by atoms with Crippen LogP contribution in [-0.2, 0) is 6.54 Å². The summed E-state index contributed by atoms with van der Waals surface area (Å²) in [5.74, 6) is 0.882. The average molecular weight is 555 g/mol. The minimum Gasteiger partial charge on any atom is -0.357 e. The first-order chi connectivity index (χ1) is 15.2. The van der Waals surface area contributed by atoms with Crippen LogP contribution in [0.25, 0.3) is 0 Å². The third kappa shape index (κ3) is 6.97. The number of nitrogens with zero attached hydrogens (tertiary/aromatic N) is 3. The van der Waals surface area contributed by atoms with Crippen LogP contribution in [0.1, 0.15) is 57.4 Å². The van der Waals surface area contributed by atoms with Gasteiger partial charge in [-0.25, -0.2) is 9.79 Å². The van der Waals surface area contributed by atoms with Gasteiger partial charge in [-0.15, -0.1) is 24.0 Å². The van der Waals surface area contributed by atoms with Gasteiger partial charge >= 0.3 is 6.03 Å². The van der Waals surface area contributed by atoms with Crippen LogP contribution in [0, 0.1) is 0 Å². The van der Waals surface area contributed by atoms with E-state index in [9.17, 15) is 4.79 Å². The summed E-state index contributed by atoms with van der Waals surface area (Å²) >= 11 is 0. The van der Waals surface area contributed by atoms with Crippen molar-refractivity contribution in [2.45, 2.75) is 70.5 Å². The van der Waals surface area contributed by atoms with E-state index < -0.39 is 0 Å². The second-order valence-corrected chi connectivity index (χ2v) is 9.08. The average Bonchev–Trinajstić information content (AvgIpc) is 3.55. The maximum Gasteiger partial charge on any atom is 0.321 e. The normalized spacial score (nSPS) is 22.1. The largest absolute Gasteiger partial charge is 0.357 e. The molecule has 2 heterocycles. The number of guanidine groups is 1. The number of benzene rings is 1. The lowest BCUT2D eigenvalue weighted by Gasteiger charge is -2.24. The summed E-state index contributed by atoms with van der Waals surface area (Å²) < 4.78 is 0. The van der Waals surface area contributed by atoms with Crippen LogP contribution in [0.15, 0.2) is 29.3 Å². The van der Waals surface area contributed by atoms with Crippen LogP contribution in [-0.4, -0.2) is 66.6 Å². The van der Waals surface area contributed by atoms with Crippen LogP contribution in [0.5, 0.6) is 0 Å². The molecule has 1 saturated carbocycles. The van der Waals surface area contributed by atoms with Crippen molar-refractivity contribution in [1.29, 1.82) is 0 Å². The SMILES string of the molecule is CCNC(=NCc1cccc(NC(=O)N2CCCC2)c1)NC1CCN(C2CCCC2)C1.I. The van der Waals surface area contributed by atoms with E-state index in [2.05, 4.69) is 33.8 Å². The Balaban J connectivity index is 0.00000289. The molecule has 1 aliphatic carbocycles. The van der Waals surface area contributed by atoms with Gasteiger partial charge in [-0.2, -0.15) is 0 Å². The van der Waals surface area contributed by atoms with E-state index in [0.717, 1.165) is 62.3 Å². The first-order valence-electron chi connectivity index (χ1n) is 12.1. The fourth-order valence-corrected chi connectivity index (χ4v) is 5.06. The molecule has 1 aromatic rings. The Morgan fingerprint density at radius 1 is 1.09 bits per heavy atom. The van der Waals surface area contributed by atoms with Crippen molar-refractivity contribution in [1.82, 2.24) is 20.4 Å². The number of hydrogen-bond acceptors (Lipinski definition) is 3. The summed E-state index contributed by atoms with van der Waals surface area (Å²) in [6, 6.07) is 9.28. The van der Waals surface area contributed by atoms with E-state index in [1.54, 1.807) is 0 Å². The van der Waals surface area contributed by atoms with Gasteiger partial charge in [0.1, 0.15) is 0 Å². The molecule has 0 aromatic heterocycles. The van der Waals surface area contributed by atoms with Crippen molar-refractivity contribution < 1.29 is 4.79 Å². The highest BCUT2D eigenvalue weighted by Crippen LogP contribution is 2.26. The zero-order valence-corrected chi connectivity index (χ0v) is 21.6. The number of nitrogens with one attached hydrogen (secondary N) is 3. The van der Waals surface area contributed by atoms with Crippen LogP contribution in [0.4, 0.5) is 10.5 Å². The molecule has 4 rings (SSSR count). The van der Waals surface area contributed by atoms with Gasteiger partial charge in [-0.3, -0.25) is 4.90 Å². The predicted molar refractivity (Wildman–Crippen MR) is 142 cm³/mol. The van der Waals surface area contributed by atoms with Crippen LogP contribution >= 0.6 is 24.0 Å². The summed E-state index contributed by atoms with van der Waals surface area (Å²) in [5, 5.41) is 10.1. The molecule has 2 aliphatic heterocycles. The molecule has 0 bridgehead atoms. The Bertz CT molecular complexity index is 761. The molecule has 0 radical (unpaired) electrons. The van der Waals surface area contributed by atoms with E-state index in [1.165, 1.54) is 38.6 Å². The van der Waals surface area contributed by atoms with Gasteiger partial charge in [0.2, 0.25) is 0 Å². The van der Waals surface area contributed by atoms with Crippen molar-refractivity contribution in [2.75, 3.05) is 38.0 Å². The molecule has 3 fully saturated rings. The molecule has 3 N–H and O–H groups in total. The van der Waals surface area contributed by atoms with Gasteiger partial charge in [-0.1, -0.05) is 25.0 Å². The number of rotatable bonds is 6. The van der Waals surface area contributed by atoms with Gasteiger partial charge in [0.15, 0.2) is 5.96 Å². The highest BCUT2D eigenvalue weighted by Gasteiger charge is 2.30. The minimum absolute atomic E-state index is 0. The van der Waals surface area contributed by atoms with E-state index in [4.69, 9.17) is 4.99 Å². The zero-order valence-electron chi connectivity index (χ0n) is 19.3. The number of anilines is 1. The Kier molecular flexibility index (Phi) is 9.90. The third-order valence-electron chi connectivity index (χ3n) is 6.74. The molecule has 1 atom stereocenters. The molecule has 32 heavy (non-hydrogen) atoms. The van der Waals surface area contributed by atoms with Gasteiger partial charge in [0, 0.05) is 50.5 Å². The Hall–Kier alpha value is -1.55. The number of carbonyl (C=O) groups excluding carboxylic acids is 1. The van der Waals surface area contributed by atoms with Crippen LogP contribution < -0.4 is 16.0 Å².